The van der Waals surface area contributed by atoms with E-state index >= 15 is 0 Å². The van der Waals surface area contributed by atoms with Crippen LogP contribution in [0.1, 0.15) is 80.6 Å². The van der Waals surface area contributed by atoms with E-state index in [9.17, 15) is 36.0 Å². The average Bonchev–Trinajstić information content (AvgIpc) is 3.47. The molecule has 1 aliphatic rings. The topological polar surface area (TPSA) is 122 Å². The summed E-state index contributed by atoms with van der Waals surface area (Å²) in [5.74, 6) is -2.11. The largest absolute Gasteiger partial charge is 0.389 e. The van der Waals surface area contributed by atoms with Gasteiger partial charge in [0.25, 0.3) is 27.7 Å². The second-order valence-corrected chi connectivity index (χ2v) is 15.5. The zero-order valence-electron chi connectivity index (χ0n) is 30.2. The SMILES string of the molecule is CCCCN(CCCC(F)(F)F)C(=O)c1nn(-c2ccc(C(=O)NS(=O)(=O)c3ccc4ccccc4c3)cc2C(=O)N2CCc3ccccc3C2)c(C)c1Cl. The van der Waals surface area contributed by atoms with E-state index in [4.69, 9.17) is 11.6 Å². The van der Waals surface area contributed by atoms with Gasteiger partial charge in [-0.05, 0) is 78.4 Å². The molecule has 0 radical (unpaired) electrons. The summed E-state index contributed by atoms with van der Waals surface area (Å²) in [5.41, 5.74) is 2.14. The van der Waals surface area contributed by atoms with Crippen LogP contribution in [-0.2, 0) is 23.0 Å². The first-order chi connectivity index (χ1) is 26.2. The maximum atomic E-state index is 14.4. The molecule has 0 aliphatic carbocycles. The molecule has 15 heteroatoms. The number of benzene rings is 4. The van der Waals surface area contributed by atoms with Crippen molar-refractivity contribution in [2.24, 2.45) is 0 Å². The van der Waals surface area contributed by atoms with Gasteiger partial charge >= 0.3 is 6.18 Å². The Labute approximate surface area is 321 Å². The Kier molecular flexibility index (Phi) is 11.7. The van der Waals surface area contributed by atoms with Crippen molar-refractivity contribution in [1.29, 1.82) is 0 Å². The normalized spacial score (nSPS) is 13.1. The van der Waals surface area contributed by atoms with Crippen LogP contribution in [0.25, 0.3) is 16.5 Å². The molecule has 1 aliphatic heterocycles. The zero-order valence-corrected chi connectivity index (χ0v) is 31.8. The quantitative estimate of drug-likeness (QED) is 0.137. The Morgan fingerprint density at radius 1 is 0.909 bits per heavy atom. The fraction of sp³-hybridized carbons (Fsp3) is 0.300. The lowest BCUT2D eigenvalue weighted by atomic mass is 9.98. The molecule has 10 nitrogen and oxygen atoms in total. The number of hydrogen-bond acceptors (Lipinski definition) is 6. The molecule has 1 N–H and O–H groups in total. The number of fused-ring (bicyclic) bond motifs is 2. The number of alkyl halides is 3. The summed E-state index contributed by atoms with van der Waals surface area (Å²) in [5, 5.41) is 5.93. The van der Waals surface area contributed by atoms with Gasteiger partial charge in [-0.2, -0.15) is 18.3 Å². The Balaban J connectivity index is 1.36. The van der Waals surface area contributed by atoms with Crippen LogP contribution in [0.5, 0.6) is 0 Å². The molecule has 0 saturated heterocycles. The number of unbranched alkanes of at least 4 members (excludes halogenated alkanes) is 1. The number of carbonyl (C=O) groups excluding carboxylic acids is 3. The van der Waals surface area contributed by atoms with Crippen molar-refractivity contribution < 1.29 is 36.0 Å². The summed E-state index contributed by atoms with van der Waals surface area (Å²) in [6.45, 7) is 4.14. The number of halogens is 4. The highest BCUT2D eigenvalue weighted by molar-refractivity contribution is 7.90. The molecule has 0 unspecified atom stereocenters. The van der Waals surface area contributed by atoms with Crippen molar-refractivity contribution in [3.8, 4) is 5.69 Å². The van der Waals surface area contributed by atoms with Gasteiger partial charge in [0.05, 0.1) is 26.9 Å². The van der Waals surface area contributed by atoms with Gasteiger partial charge in [0.15, 0.2) is 5.69 Å². The maximum Gasteiger partial charge on any atom is 0.389 e. The highest BCUT2D eigenvalue weighted by Crippen LogP contribution is 2.30. The van der Waals surface area contributed by atoms with Gasteiger partial charge in [0.1, 0.15) is 0 Å². The number of sulfonamides is 1. The molecule has 0 fully saturated rings. The first-order valence-corrected chi connectivity index (χ1v) is 19.7. The molecule has 0 bridgehead atoms. The van der Waals surface area contributed by atoms with E-state index in [1.807, 2.05) is 43.3 Å². The summed E-state index contributed by atoms with van der Waals surface area (Å²) in [6.07, 6.45) is -3.91. The highest BCUT2D eigenvalue weighted by atomic mass is 35.5. The summed E-state index contributed by atoms with van der Waals surface area (Å²) in [6, 6.07) is 23.4. The van der Waals surface area contributed by atoms with Crippen LogP contribution in [0.3, 0.4) is 0 Å². The highest BCUT2D eigenvalue weighted by Gasteiger charge is 2.31. The minimum Gasteiger partial charge on any atom is -0.337 e. The van der Waals surface area contributed by atoms with Crippen molar-refractivity contribution in [3.63, 3.8) is 0 Å². The molecule has 3 amide bonds. The van der Waals surface area contributed by atoms with Gasteiger partial charge in [-0.15, -0.1) is 0 Å². The van der Waals surface area contributed by atoms with Gasteiger partial charge < -0.3 is 9.80 Å². The molecule has 2 heterocycles. The van der Waals surface area contributed by atoms with Crippen molar-refractivity contribution in [1.82, 2.24) is 24.3 Å². The number of nitrogens with one attached hydrogen (secondary N) is 1. The summed E-state index contributed by atoms with van der Waals surface area (Å²) in [7, 11) is -4.33. The minimum atomic E-state index is -4.38. The first-order valence-electron chi connectivity index (χ1n) is 17.8. The molecule has 0 atom stereocenters. The number of carbonyl (C=O) groups is 3. The van der Waals surface area contributed by atoms with Crippen LogP contribution < -0.4 is 4.72 Å². The molecule has 4 aromatic carbocycles. The standard InChI is InChI=1S/C40H39ClF3N5O5S/c1-3-4-20-47(21-9-19-40(42,43)44)39(52)36-35(41)26(2)49(45-36)34-17-15-30(24-33(34)38(51)48-22-18-28-11-6-8-13-31(28)25-48)37(50)46-55(53,54)32-16-14-27-10-5-7-12-29(27)23-32/h5-8,10-17,23-24H,3-4,9,18-22,25H2,1-2H3,(H,46,50). The third kappa shape index (κ3) is 8.86. The van der Waals surface area contributed by atoms with Crippen LogP contribution in [-0.4, -0.2) is 71.5 Å². The van der Waals surface area contributed by atoms with Gasteiger partial charge in [0, 0.05) is 38.2 Å². The summed E-state index contributed by atoms with van der Waals surface area (Å²) in [4.78, 5) is 44.6. The van der Waals surface area contributed by atoms with Crippen molar-refractivity contribution in [3.05, 3.63) is 124 Å². The smallest absolute Gasteiger partial charge is 0.337 e. The van der Waals surface area contributed by atoms with E-state index in [1.54, 1.807) is 30.0 Å². The lowest BCUT2D eigenvalue weighted by Gasteiger charge is -2.29. The van der Waals surface area contributed by atoms with Crippen LogP contribution in [0.2, 0.25) is 5.02 Å². The molecule has 0 spiro atoms. The second kappa shape index (κ2) is 16.3. The van der Waals surface area contributed by atoms with Crippen LogP contribution in [0.15, 0.2) is 89.8 Å². The molecule has 0 saturated carbocycles. The fourth-order valence-electron chi connectivity index (χ4n) is 6.59. The number of nitrogens with zero attached hydrogens (tertiary/aromatic N) is 4. The first kappa shape index (κ1) is 39.5. The number of rotatable bonds is 12. The van der Waals surface area contributed by atoms with Crippen LogP contribution in [0.4, 0.5) is 13.2 Å². The maximum absolute atomic E-state index is 14.4. The Hall–Kier alpha value is -5.21. The van der Waals surface area contributed by atoms with E-state index in [-0.39, 0.29) is 64.2 Å². The predicted molar refractivity (Wildman–Crippen MR) is 203 cm³/mol. The van der Waals surface area contributed by atoms with Crippen molar-refractivity contribution >= 4 is 50.1 Å². The number of aromatic nitrogens is 2. The van der Waals surface area contributed by atoms with Crippen molar-refractivity contribution in [2.45, 2.75) is 63.6 Å². The van der Waals surface area contributed by atoms with Gasteiger partial charge in [-0.3, -0.25) is 14.4 Å². The summed E-state index contributed by atoms with van der Waals surface area (Å²) < 4.78 is 69.1. The van der Waals surface area contributed by atoms with Crippen LogP contribution >= 0.6 is 11.6 Å². The Morgan fingerprint density at radius 3 is 2.33 bits per heavy atom. The predicted octanol–water partition coefficient (Wildman–Crippen LogP) is 7.89. The summed E-state index contributed by atoms with van der Waals surface area (Å²) >= 11 is 6.69. The second-order valence-electron chi connectivity index (χ2n) is 13.4. The molecule has 1 aromatic heterocycles. The van der Waals surface area contributed by atoms with E-state index in [0.29, 0.717) is 31.2 Å². The molecule has 55 heavy (non-hydrogen) atoms. The molecular formula is C40H39ClF3N5O5S. The van der Waals surface area contributed by atoms with Crippen LogP contribution in [0, 0.1) is 6.92 Å². The monoisotopic (exact) mass is 793 g/mol. The van der Waals surface area contributed by atoms with E-state index < -0.39 is 40.3 Å². The minimum absolute atomic E-state index is 0.00980. The third-order valence-electron chi connectivity index (χ3n) is 9.60. The molecule has 288 valence electrons. The van der Waals surface area contributed by atoms with E-state index in [0.717, 1.165) is 16.5 Å². The third-order valence-corrected chi connectivity index (χ3v) is 11.4. The van der Waals surface area contributed by atoms with Gasteiger partial charge in [-0.1, -0.05) is 79.5 Å². The lowest BCUT2D eigenvalue weighted by molar-refractivity contribution is -0.136. The Bertz CT molecular complexity index is 2380. The zero-order chi connectivity index (χ0) is 39.5. The molecular weight excluding hydrogens is 755 g/mol. The van der Waals surface area contributed by atoms with E-state index in [1.165, 1.54) is 39.9 Å². The van der Waals surface area contributed by atoms with Gasteiger partial charge in [-0.25, -0.2) is 17.8 Å². The van der Waals surface area contributed by atoms with E-state index in [2.05, 4.69) is 9.82 Å². The average molecular weight is 794 g/mol. The van der Waals surface area contributed by atoms with Gasteiger partial charge in [0.2, 0.25) is 0 Å². The number of amides is 3. The van der Waals surface area contributed by atoms with Crippen molar-refractivity contribution in [2.75, 3.05) is 19.6 Å². The Morgan fingerprint density at radius 2 is 1.60 bits per heavy atom. The molecule has 5 aromatic rings. The number of hydrogen-bond donors (Lipinski definition) is 1. The lowest BCUT2D eigenvalue weighted by Crippen LogP contribution is -2.37. The fourth-order valence-corrected chi connectivity index (χ4v) is 7.79. The molecule has 6 rings (SSSR count).